The second-order valence-electron chi connectivity index (χ2n) is 4.45. The molecular formula is C17H11Cl2NO. The molecule has 0 saturated carbocycles. The van der Waals surface area contributed by atoms with Gasteiger partial charge in [-0.1, -0.05) is 35.3 Å². The minimum absolute atomic E-state index is 0.111. The zero-order valence-corrected chi connectivity index (χ0v) is 12.7. The number of Topliss-reactive ketones (excluding diaryl/α,β-unsaturated/α-hetero) is 1. The zero-order chi connectivity index (χ0) is 15.4. The van der Waals surface area contributed by atoms with Crippen molar-refractivity contribution in [3.63, 3.8) is 0 Å². The number of carbonyl (C=O) groups excluding carboxylic acids is 1. The molecule has 0 saturated heterocycles. The molecule has 2 rings (SSSR count). The lowest BCUT2D eigenvalue weighted by Gasteiger charge is -2.06. The van der Waals surface area contributed by atoms with Crippen LogP contribution in [-0.4, -0.2) is 5.78 Å². The molecule has 0 spiro atoms. The summed E-state index contributed by atoms with van der Waals surface area (Å²) >= 11 is 11.6. The largest absolute Gasteiger partial charge is 0.288 e. The topological polar surface area (TPSA) is 40.9 Å². The molecule has 0 fully saturated rings. The summed E-state index contributed by atoms with van der Waals surface area (Å²) in [6, 6.07) is 15.5. The Hall–Kier alpha value is -2.08. The lowest BCUT2D eigenvalue weighted by atomic mass is 9.96. The lowest BCUT2D eigenvalue weighted by molar-refractivity contribution is 0.103. The van der Waals surface area contributed by atoms with Gasteiger partial charge in [0.05, 0.1) is 0 Å². The molecule has 0 aliphatic rings. The van der Waals surface area contributed by atoms with Crippen LogP contribution in [0.3, 0.4) is 0 Å². The second-order valence-corrected chi connectivity index (χ2v) is 5.33. The standard InChI is InChI=1S/C17H11Cl2NO/c1-11(12-2-6-14(18)7-3-12)16(10-20)17(21)13-4-8-15(19)9-5-13/h2-9H,1H3/b16-11-. The summed E-state index contributed by atoms with van der Waals surface area (Å²) in [5.41, 5.74) is 1.95. The average molecular weight is 316 g/mol. The fourth-order valence-electron chi connectivity index (χ4n) is 1.89. The molecule has 2 aromatic carbocycles. The van der Waals surface area contributed by atoms with Crippen LogP contribution in [0.25, 0.3) is 5.57 Å². The molecule has 4 heteroatoms. The van der Waals surface area contributed by atoms with E-state index in [1.165, 1.54) is 0 Å². The molecule has 2 nitrogen and oxygen atoms in total. The third-order valence-corrected chi connectivity index (χ3v) is 3.60. The maximum atomic E-state index is 12.4. The quantitative estimate of drug-likeness (QED) is 0.445. The van der Waals surface area contributed by atoms with Crippen molar-refractivity contribution in [3.8, 4) is 6.07 Å². The number of halogens is 2. The van der Waals surface area contributed by atoms with E-state index in [0.29, 0.717) is 21.2 Å². The number of nitriles is 1. The summed E-state index contributed by atoms with van der Waals surface area (Å²) in [4.78, 5) is 12.4. The van der Waals surface area contributed by atoms with Crippen LogP contribution in [0.15, 0.2) is 54.1 Å². The van der Waals surface area contributed by atoms with Crippen molar-refractivity contribution in [1.82, 2.24) is 0 Å². The summed E-state index contributed by atoms with van der Waals surface area (Å²) in [5.74, 6) is -0.318. The first-order chi connectivity index (χ1) is 10.0. The molecule has 0 heterocycles. The van der Waals surface area contributed by atoms with Gasteiger partial charge in [-0.2, -0.15) is 5.26 Å². The van der Waals surface area contributed by atoms with Crippen molar-refractivity contribution in [1.29, 1.82) is 5.26 Å². The highest BCUT2D eigenvalue weighted by Crippen LogP contribution is 2.23. The van der Waals surface area contributed by atoms with Gasteiger partial charge in [0.15, 0.2) is 0 Å². The molecule has 0 N–H and O–H groups in total. The maximum absolute atomic E-state index is 12.4. The van der Waals surface area contributed by atoms with Gasteiger partial charge in [0.25, 0.3) is 0 Å². The van der Waals surface area contributed by atoms with E-state index in [1.54, 1.807) is 55.5 Å². The Labute approximate surface area is 133 Å². The number of rotatable bonds is 3. The van der Waals surface area contributed by atoms with Gasteiger partial charge < -0.3 is 0 Å². The van der Waals surface area contributed by atoms with Gasteiger partial charge in [-0.15, -0.1) is 0 Å². The van der Waals surface area contributed by atoms with E-state index in [4.69, 9.17) is 23.2 Å². The van der Waals surface area contributed by atoms with Gasteiger partial charge in [0, 0.05) is 15.6 Å². The Morgan fingerprint density at radius 2 is 1.33 bits per heavy atom. The number of nitrogens with zero attached hydrogens (tertiary/aromatic N) is 1. The first-order valence-corrected chi connectivity index (χ1v) is 6.95. The molecule has 0 radical (unpaired) electrons. The van der Waals surface area contributed by atoms with Gasteiger partial charge in [0.2, 0.25) is 5.78 Å². The van der Waals surface area contributed by atoms with Crippen LogP contribution in [0, 0.1) is 11.3 Å². The average Bonchev–Trinajstić information content (AvgIpc) is 2.49. The monoisotopic (exact) mass is 315 g/mol. The van der Waals surface area contributed by atoms with E-state index < -0.39 is 0 Å². The number of benzene rings is 2. The van der Waals surface area contributed by atoms with E-state index in [2.05, 4.69) is 0 Å². The van der Waals surface area contributed by atoms with Gasteiger partial charge in [-0.05, 0) is 54.5 Å². The molecule has 0 aliphatic heterocycles. The molecule has 21 heavy (non-hydrogen) atoms. The Morgan fingerprint density at radius 3 is 1.76 bits per heavy atom. The number of carbonyl (C=O) groups is 1. The molecular weight excluding hydrogens is 305 g/mol. The fraction of sp³-hybridized carbons (Fsp3) is 0.0588. The van der Waals surface area contributed by atoms with Crippen LogP contribution in [-0.2, 0) is 0 Å². The first-order valence-electron chi connectivity index (χ1n) is 6.20. The summed E-state index contributed by atoms with van der Waals surface area (Å²) < 4.78 is 0. The van der Waals surface area contributed by atoms with E-state index >= 15 is 0 Å². The van der Waals surface area contributed by atoms with Crippen molar-refractivity contribution < 1.29 is 4.79 Å². The second kappa shape index (κ2) is 6.58. The highest BCUT2D eigenvalue weighted by Gasteiger charge is 2.16. The van der Waals surface area contributed by atoms with Crippen LogP contribution in [0.2, 0.25) is 10.0 Å². The predicted molar refractivity (Wildman–Crippen MR) is 85.4 cm³/mol. The van der Waals surface area contributed by atoms with Crippen LogP contribution in [0.5, 0.6) is 0 Å². The molecule has 0 aromatic heterocycles. The minimum atomic E-state index is -0.318. The first kappa shape index (κ1) is 15.3. The van der Waals surface area contributed by atoms with Crippen molar-refractivity contribution >= 4 is 34.6 Å². The highest BCUT2D eigenvalue weighted by molar-refractivity contribution is 6.31. The smallest absolute Gasteiger partial charge is 0.203 e. The molecule has 2 aromatic rings. The van der Waals surface area contributed by atoms with Crippen molar-refractivity contribution in [2.75, 3.05) is 0 Å². The van der Waals surface area contributed by atoms with Gasteiger partial charge >= 0.3 is 0 Å². The number of hydrogen-bond acceptors (Lipinski definition) is 2. The number of ketones is 1. The van der Waals surface area contributed by atoms with Gasteiger partial charge in [-0.3, -0.25) is 4.79 Å². The minimum Gasteiger partial charge on any atom is -0.288 e. The predicted octanol–water partition coefficient (Wildman–Crippen LogP) is 5.17. The molecule has 0 unspecified atom stereocenters. The molecule has 0 atom stereocenters. The van der Waals surface area contributed by atoms with Crippen LogP contribution >= 0.6 is 23.2 Å². The normalized spacial score (nSPS) is 11.5. The third-order valence-electron chi connectivity index (χ3n) is 3.10. The molecule has 0 amide bonds. The Kier molecular flexibility index (Phi) is 4.80. The Bertz CT molecular complexity index is 738. The van der Waals surface area contributed by atoms with Crippen LogP contribution in [0.4, 0.5) is 0 Å². The van der Waals surface area contributed by atoms with Crippen molar-refractivity contribution in [2.24, 2.45) is 0 Å². The summed E-state index contributed by atoms with van der Waals surface area (Å²) in [6.07, 6.45) is 0. The van der Waals surface area contributed by atoms with E-state index in [-0.39, 0.29) is 11.4 Å². The third kappa shape index (κ3) is 3.52. The van der Waals surface area contributed by atoms with E-state index in [1.807, 2.05) is 6.07 Å². The molecule has 0 bridgehead atoms. The lowest BCUT2D eigenvalue weighted by Crippen LogP contribution is -2.04. The van der Waals surface area contributed by atoms with Gasteiger partial charge in [0.1, 0.15) is 11.6 Å². The summed E-state index contributed by atoms with van der Waals surface area (Å²) in [7, 11) is 0. The Morgan fingerprint density at radius 1 is 0.905 bits per heavy atom. The van der Waals surface area contributed by atoms with Crippen molar-refractivity contribution in [2.45, 2.75) is 6.92 Å². The fourth-order valence-corrected chi connectivity index (χ4v) is 2.15. The number of hydrogen-bond donors (Lipinski definition) is 0. The van der Waals surface area contributed by atoms with Crippen LogP contribution in [0.1, 0.15) is 22.8 Å². The van der Waals surface area contributed by atoms with E-state index in [9.17, 15) is 10.1 Å². The van der Waals surface area contributed by atoms with E-state index in [0.717, 1.165) is 5.56 Å². The van der Waals surface area contributed by atoms with Crippen molar-refractivity contribution in [3.05, 3.63) is 75.3 Å². The molecule has 104 valence electrons. The summed E-state index contributed by atoms with van der Waals surface area (Å²) in [5, 5.41) is 10.5. The SMILES string of the molecule is C/C(=C(\C#N)C(=O)c1ccc(Cl)cc1)c1ccc(Cl)cc1. The van der Waals surface area contributed by atoms with Gasteiger partial charge in [-0.25, -0.2) is 0 Å². The summed E-state index contributed by atoms with van der Waals surface area (Å²) in [6.45, 7) is 1.75. The zero-order valence-electron chi connectivity index (χ0n) is 11.2. The van der Waals surface area contributed by atoms with Crippen LogP contribution < -0.4 is 0 Å². The molecule has 0 aliphatic carbocycles. The number of allylic oxidation sites excluding steroid dienone is 2. The Balaban J connectivity index is 2.44. The highest BCUT2D eigenvalue weighted by atomic mass is 35.5. The maximum Gasteiger partial charge on any atom is 0.203 e.